The molecule has 0 aliphatic heterocycles. The van der Waals surface area contributed by atoms with Gasteiger partial charge in [-0.2, -0.15) is 18.2 Å². The highest BCUT2D eigenvalue weighted by molar-refractivity contribution is 5.55. The molecule has 3 aromatic rings. The summed E-state index contributed by atoms with van der Waals surface area (Å²) in [5.74, 6) is 0.976. The van der Waals surface area contributed by atoms with Gasteiger partial charge in [-0.1, -0.05) is 30.3 Å². The Balaban J connectivity index is 1.73. The lowest BCUT2D eigenvalue weighted by molar-refractivity contribution is -0.137. The van der Waals surface area contributed by atoms with Crippen molar-refractivity contribution in [3.05, 3.63) is 77.5 Å². The molecule has 0 fully saturated rings. The Hall–Kier alpha value is -3.09. The van der Waals surface area contributed by atoms with Gasteiger partial charge in [0.05, 0.1) is 5.56 Å². The molecular formula is C19H17F3N4. The molecule has 0 saturated carbocycles. The van der Waals surface area contributed by atoms with E-state index in [1.807, 2.05) is 37.3 Å². The fraction of sp³-hybridized carbons (Fsp3) is 0.158. The van der Waals surface area contributed by atoms with Crippen LogP contribution in [0.25, 0.3) is 0 Å². The number of anilines is 3. The van der Waals surface area contributed by atoms with Gasteiger partial charge in [-0.05, 0) is 36.8 Å². The number of nitrogens with one attached hydrogen (secondary N) is 2. The molecule has 0 aliphatic rings. The average Bonchev–Trinajstić information content (AvgIpc) is 2.62. The number of benzene rings is 2. The van der Waals surface area contributed by atoms with E-state index in [0.717, 1.165) is 23.4 Å². The van der Waals surface area contributed by atoms with E-state index in [1.165, 1.54) is 6.07 Å². The molecule has 1 heterocycles. The van der Waals surface area contributed by atoms with Crippen molar-refractivity contribution in [3.63, 3.8) is 0 Å². The Morgan fingerprint density at radius 1 is 1.00 bits per heavy atom. The number of alkyl halides is 3. The van der Waals surface area contributed by atoms with Crippen molar-refractivity contribution in [1.82, 2.24) is 9.97 Å². The Bertz CT molecular complexity index is 879. The van der Waals surface area contributed by atoms with Crippen LogP contribution in [0.4, 0.5) is 30.6 Å². The third-order valence-electron chi connectivity index (χ3n) is 3.72. The Labute approximate surface area is 149 Å². The van der Waals surface area contributed by atoms with Gasteiger partial charge in [0, 0.05) is 24.0 Å². The molecule has 0 atom stereocenters. The molecule has 134 valence electrons. The van der Waals surface area contributed by atoms with E-state index in [9.17, 15) is 13.2 Å². The van der Waals surface area contributed by atoms with Gasteiger partial charge >= 0.3 is 6.18 Å². The smallest absolute Gasteiger partial charge is 0.366 e. The first kappa shape index (κ1) is 17.7. The first-order valence-corrected chi connectivity index (χ1v) is 7.97. The summed E-state index contributed by atoms with van der Waals surface area (Å²) in [6.45, 7) is 2.06. The second kappa shape index (κ2) is 7.43. The summed E-state index contributed by atoms with van der Waals surface area (Å²) >= 11 is 0. The van der Waals surface area contributed by atoms with Crippen LogP contribution in [0.15, 0.2) is 60.8 Å². The Morgan fingerprint density at radius 2 is 1.77 bits per heavy atom. The van der Waals surface area contributed by atoms with Gasteiger partial charge in [0.15, 0.2) is 0 Å². The van der Waals surface area contributed by atoms with E-state index in [0.29, 0.717) is 17.3 Å². The molecule has 7 heteroatoms. The zero-order chi connectivity index (χ0) is 18.6. The largest absolute Gasteiger partial charge is 0.416 e. The van der Waals surface area contributed by atoms with E-state index in [-0.39, 0.29) is 6.54 Å². The summed E-state index contributed by atoms with van der Waals surface area (Å²) in [6.07, 6.45) is -2.69. The van der Waals surface area contributed by atoms with Crippen molar-refractivity contribution in [3.8, 4) is 0 Å². The molecule has 4 nitrogen and oxygen atoms in total. The van der Waals surface area contributed by atoms with Gasteiger partial charge < -0.3 is 10.6 Å². The van der Waals surface area contributed by atoms with E-state index >= 15 is 0 Å². The topological polar surface area (TPSA) is 49.8 Å². The SMILES string of the molecule is Cc1cnc(Nc2ccccc2)nc1NCc1cccc(C(F)(F)F)c1. The number of aromatic nitrogens is 2. The second-order valence-corrected chi connectivity index (χ2v) is 5.77. The molecular weight excluding hydrogens is 341 g/mol. The van der Waals surface area contributed by atoms with Gasteiger partial charge in [-0.3, -0.25) is 0 Å². The molecule has 0 radical (unpaired) electrons. The lowest BCUT2D eigenvalue weighted by Crippen LogP contribution is -2.08. The summed E-state index contributed by atoms with van der Waals surface area (Å²) in [7, 11) is 0. The molecule has 0 amide bonds. The molecule has 26 heavy (non-hydrogen) atoms. The number of rotatable bonds is 5. The van der Waals surface area contributed by atoms with Gasteiger partial charge in [0.1, 0.15) is 5.82 Å². The highest BCUT2D eigenvalue weighted by Crippen LogP contribution is 2.29. The quantitative estimate of drug-likeness (QED) is 0.661. The summed E-state index contributed by atoms with van der Waals surface area (Å²) in [5, 5.41) is 6.16. The maximum Gasteiger partial charge on any atom is 0.416 e. The molecule has 3 rings (SSSR count). The molecule has 0 saturated heterocycles. The highest BCUT2D eigenvalue weighted by Gasteiger charge is 2.30. The fourth-order valence-electron chi connectivity index (χ4n) is 2.38. The first-order valence-electron chi connectivity index (χ1n) is 7.97. The third-order valence-corrected chi connectivity index (χ3v) is 3.72. The van der Waals surface area contributed by atoms with Crippen LogP contribution in [0.2, 0.25) is 0 Å². The monoisotopic (exact) mass is 358 g/mol. The number of para-hydroxylation sites is 1. The van der Waals surface area contributed by atoms with Crippen LogP contribution >= 0.6 is 0 Å². The normalized spacial score (nSPS) is 11.2. The maximum atomic E-state index is 12.8. The van der Waals surface area contributed by atoms with Crippen LogP contribution in [0.1, 0.15) is 16.7 Å². The summed E-state index contributed by atoms with van der Waals surface area (Å²) in [5.41, 5.74) is 1.51. The Kier molecular flexibility index (Phi) is 5.06. The number of nitrogens with zero attached hydrogens (tertiary/aromatic N) is 2. The average molecular weight is 358 g/mol. The molecule has 2 N–H and O–H groups in total. The van der Waals surface area contributed by atoms with Crippen LogP contribution in [0.3, 0.4) is 0 Å². The van der Waals surface area contributed by atoms with Crippen molar-refractivity contribution in [1.29, 1.82) is 0 Å². The van der Waals surface area contributed by atoms with Crippen molar-refractivity contribution >= 4 is 17.5 Å². The summed E-state index contributed by atoms with van der Waals surface area (Å²) in [6, 6.07) is 14.7. The maximum absolute atomic E-state index is 12.8. The van der Waals surface area contributed by atoms with Gasteiger partial charge in [0.25, 0.3) is 0 Å². The fourth-order valence-corrected chi connectivity index (χ4v) is 2.38. The standard InChI is InChI=1S/C19H17F3N4/c1-13-11-24-18(25-16-8-3-2-4-9-16)26-17(13)23-12-14-6-5-7-15(10-14)19(20,21)22/h2-11H,12H2,1H3,(H2,23,24,25,26). The minimum Gasteiger partial charge on any atom is -0.366 e. The van der Waals surface area contributed by atoms with Gasteiger partial charge in [0.2, 0.25) is 5.95 Å². The number of hydrogen-bond donors (Lipinski definition) is 2. The van der Waals surface area contributed by atoms with Gasteiger partial charge in [-0.15, -0.1) is 0 Å². The van der Waals surface area contributed by atoms with Crippen LogP contribution in [0, 0.1) is 6.92 Å². The van der Waals surface area contributed by atoms with Gasteiger partial charge in [-0.25, -0.2) is 4.98 Å². The predicted molar refractivity (Wildman–Crippen MR) is 95.3 cm³/mol. The Morgan fingerprint density at radius 3 is 2.50 bits per heavy atom. The van der Waals surface area contributed by atoms with Crippen molar-refractivity contribution < 1.29 is 13.2 Å². The van der Waals surface area contributed by atoms with Crippen molar-refractivity contribution in [2.45, 2.75) is 19.6 Å². The van der Waals surface area contributed by atoms with Crippen molar-refractivity contribution in [2.24, 2.45) is 0 Å². The predicted octanol–water partition coefficient (Wildman–Crippen LogP) is 5.16. The number of halogens is 3. The van der Waals surface area contributed by atoms with E-state index in [2.05, 4.69) is 20.6 Å². The van der Waals surface area contributed by atoms with E-state index in [4.69, 9.17) is 0 Å². The van der Waals surface area contributed by atoms with Crippen LogP contribution in [-0.4, -0.2) is 9.97 Å². The molecule has 2 aromatic carbocycles. The number of hydrogen-bond acceptors (Lipinski definition) is 4. The molecule has 0 bridgehead atoms. The molecule has 0 unspecified atom stereocenters. The van der Waals surface area contributed by atoms with Crippen LogP contribution in [-0.2, 0) is 12.7 Å². The first-order chi connectivity index (χ1) is 12.4. The minimum absolute atomic E-state index is 0.229. The van der Waals surface area contributed by atoms with E-state index in [1.54, 1.807) is 12.3 Å². The summed E-state index contributed by atoms with van der Waals surface area (Å²) in [4.78, 5) is 8.62. The summed E-state index contributed by atoms with van der Waals surface area (Å²) < 4.78 is 38.4. The highest BCUT2D eigenvalue weighted by atomic mass is 19.4. The van der Waals surface area contributed by atoms with Crippen LogP contribution in [0.5, 0.6) is 0 Å². The lowest BCUT2D eigenvalue weighted by atomic mass is 10.1. The minimum atomic E-state index is -4.35. The zero-order valence-corrected chi connectivity index (χ0v) is 14.0. The van der Waals surface area contributed by atoms with Crippen molar-refractivity contribution in [2.75, 3.05) is 10.6 Å². The van der Waals surface area contributed by atoms with Crippen LogP contribution < -0.4 is 10.6 Å². The molecule has 0 aliphatic carbocycles. The number of aryl methyl sites for hydroxylation is 1. The second-order valence-electron chi connectivity index (χ2n) is 5.77. The molecule has 1 aromatic heterocycles. The zero-order valence-electron chi connectivity index (χ0n) is 14.0. The third kappa shape index (κ3) is 4.50. The molecule has 0 spiro atoms. The lowest BCUT2D eigenvalue weighted by Gasteiger charge is -2.12. The van der Waals surface area contributed by atoms with E-state index < -0.39 is 11.7 Å².